The van der Waals surface area contributed by atoms with Gasteiger partial charge in [0.15, 0.2) is 6.79 Å². The molecule has 1 radical (unpaired) electrons. The van der Waals surface area contributed by atoms with Crippen LogP contribution < -0.4 is 4.74 Å². The Kier molecular flexibility index (Phi) is 4.34. The summed E-state index contributed by atoms with van der Waals surface area (Å²) in [7, 11) is 1.63. The van der Waals surface area contributed by atoms with E-state index in [-0.39, 0.29) is 6.79 Å². The number of benzene rings is 2. The van der Waals surface area contributed by atoms with E-state index in [1.54, 1.807) is 18.4 Å². The second kappa shape index (κ2) is 6.57. The smallest absolute Gasteiger partial charge is 0.188 e. The highest BCUT2D eigenvalue weighted by molar-refractivity contribution is 7.14. The molecule has 2 aromatic carbocycles. The lowest BCUT2D eigenvalue weighted by molar-refractivity contribution is 0.0522. The topological polar surface area (TPSA) is 18.5 Å². The molecule has 0 aliphatic rings. The van der Waals surface area contributed by atoms with Crippen LogP contribution >= 0.6 is 11.3 Å². The van der Waals surface area contributed by atoms with E-state index >= 15 is 0 Å². The van der Waals surface area contributed by atoms with Crippen molar-refractivity contribution in [3.63, 3.8) is 0 Å². The van der Waals surface area contributed by atoms with Gasteiger partial charge in [-0.3, -0.25) is 0 Å². The van der Waals surface area contributed by atoms with E-state index < -0.39 is 0 Å². The lowest BCUT2D eigenvalue weighted by atomic mass is 10.1. The van der Waals surface area contributed by atoms with Gasteiger partial charge in [0.05, 0.1) is 4.88 Å². The van der Waals surface area contributed by atoms with Crippen LogP contribution in [-0.4, -0.2) is 13.9 Å². The van der Waals surface area contributed by atoms with Gasteiger partial charge in [0, 0.05) is 23.6 Å². The zero-order valence-electron chi connectivity index (χ0n) is 11.7. The Morgan fingerprint density at radius 2 is 1.86 bits per heavy atom. The number of thiophene rings is 1. The van der Waals surface area contributed by atoms with Gasteiger partial charge in [0.25, 0.3) is 0 Å². The van der Waals surface area contributed by atoms with Crippen molar-refractivity contribution in [1.82, 2.24) is 0 Å². The maximum Gasteiger partial charge on any atom is 0.188 e. The molecule has 0 fully saturated rings. The summed E-state index contributed by atoms with van der Waals surface area (Å²) in [6.07, 6.45) is 0. The molecule has 0 unspecified atom stereocenters. The lowest BCUT2D eigenvalue weighted by Crippen LogP contribution is -1.99. The van der Waals surface area contributed by atoms with Gasteiger partial charge in [-0.1, -0.05) is 54.6 Å². The van der Waals surface area contributed by atoms with E-state index in [9.17, 15) is 0 Å². The third kappa shape index (κ3) is 2.99. The first-order chi connectivity index (χ1) is 10.4. The summed E-state index contributed by atoms with van der Waals surface area (Å²) in [5.74, 6) is 0.857. The van der Waals surface area contributed by atoms with Crippen molar-refractivity contribution in [2.45, 2.75) is 0 Å². The molecule has 1 aromatic heterocycles. The molecule has 3 aromatic rings. The fourth-order valence-corrected chi connectivity index (χ4v) is 3.15. The molecule has 1 heterocycles. The molecule has 3 rings (SSSR count). The summed E-state index contributed by atoms with van der Waals surface area (Å²) < 4.78 is 10.9. The van der Waals surface area contributed by atoms with Crippen LogP contribution in [0.2, 0.25) is 0 Å². The number of ether oxygens (including phenoxy) is 2. The summed E-state index contributed by atoms with van der Waals surface area (Å²) in [5.41, 5.74) is 3.27. The van der Waals surface area contributed by atoms with Crippen LogP contribution in [0.4, 0.5) is 0 Å². The Bertz CT molecular complexity index is 633. The van der Waals surface area contributed by atoms with E-state index in [4.69, 9.17) is 9.47 Å². The van der Waals surface area contributed by atoms with Crippen molar-refractivity contribution < 1.29 is 9.47 Å². The normalized spacial score (nSPS) is 10.5. The lowest BCUT2D eigenvalue weighted by Gasteiger charge is -2.09. The Balaban J connectivity index is 2.07. The molecule has 3 heteroatoms. The highest BCUT2D eigenvalue weighted by Gasteiger charge is 2.16. The molecule has 2 nitrogen and oxygen atoms in total. The minimum absolute atomic E-state index is 0.233. The van der Waals surface area contributed by atoms with Crippen LogP contribution in [0.15, 0.2) is 60.0 Å². The van der Waals surface area contributed by atoms with E-state index in [0.717, 1.165) is 27.3 Å². The molecule has 0 saturated carbocycles. The molecule has 0 aliphatic heterocycles. The highest BCUT2D eigenvalue weighted by atomic mass is 32.1. The average Bonchev–Trinajstić information content (AvgIpc) is 2.98. The first-order valence-electron chi connectivity index (χ1n) is 6.66. The van der Waals surface area contributed by atoms with E-state index in [2.05, 4.69) is 23.6 Å². The second-order valence-corrected chi connectivity index (χ2v) is 5.38. The monoisotopic (exact) mass is 295 g/mol. The summed E-state index contributed by atoms with van der Waals surface area (Å²) in [6, 6.07) is 21.4. The fraction of sp³-hybridized carbons (Fsp3) is 0.111. The molecule has 0 spiro atoms. The predicted octanol–water partition coefficient (Wildman–Crippen LogP) is 4.86. The highest BCUT2D eigenvalue weighted by Crippen LogP contribution is 2.44. The molecule has 0 amide bonds. The van der Waals surface area contributed by atoms with Gasteiger partial charge in [-0.25, -0.2) is 0 Å². The molecular weight excluding hydrogens is 280 g/mol. The molecule has 21 heavy (non-hydrogen) atoms. The van der Waals surface area contributed by atoms with E-state index in [1.807, 2.05) is 42.5 Å². The molecule has 0 saturated heterocycles. The number of hydrogen-bond acceptors (Lipinski definition) is 3. The maximum absolute atomic E-state index is 5.83. The molecule has 0 atom stereocenters. The Morgan fingerprint density at radius 3 is 2.57 bits per heavy atom. The largest absolute Gasteiger partial charge is 0.465 e. The molecule has 105 valence electrons. The second-order valence-electron chi connectivity index (χ2n) is 4.50. The van der Waals surface area contributed by atoms with Crippen LogP contribution in [0.1, 0.15) is 0 Å². The summed E-state index contributed by atoms with van der Waals surface area (Å²) in [6.45, 7) is 0.233. The van der Waals surface area contributed by atoms with Crippen molar-refractivity contribution in [3.05, 3.63) is 66.0 Å². The molecule has 0 aliphatic carbocycles. The minimum atomic E-state index is 0.233. The van der Waals surface area contributed by atoms with Crippen molar-refractivity contribution in [2.75, 3.05) is 13.9 Å². The van der Waals surface area contributed by atoms with Crippen LogP contribution in [0.3, 0.4) is 0 Å². The summed E-state index contributed by atoms with van der Waals surface area (Å²) in [5, 5.41) is 2.12. The molecular formula is C18H15O2S. The number of rotatable bonds is 5. The van der Waals surface area contributed by atoms with E-state index in [0.29, 0.717) is 0 Å². The third-order valence-electron chi connectivity index (χ3n) is 3.11. The van der Waals surface area contributed by atoms with Crippen molar-refractivity contribution in [2.24, 2.45) is 0 Å². The van der Waals surface area contributed by atoms with Crippen LogP contribution in [0, 0.1) is 6.07 Å². The van der Waals surface area contributed by atoms with Gasteiger partial charge in [0.1, 0.15) is 5.75 Å². The summed E-state index contributed by atoms with van der Waals surface area (Å²) >= 11 is 1.66. The summed E-state index contributed by atoms with van der Waals surface area (Å²) in [4.78, 5) is 1.08. The van der Waals surface area contributed by atoms with Gasteiger partial charge in [-0.2, -0.15) is 0 Å². The zero-order valence-corrected chi connectivity index (χ0v) is 12.5. The number of methoxy groups -OCH3 is 1. The number of hydrogen-bond donors (Lipinski definition) is 0. The standard InChI is InChI=1S/C18H15O2S/c1-19-13-20-17-16(14-8-4-2-5-9-14)12-21-18(17)15-10-6-3-7-11-15/h2-10,12H,13H2,1H3. The first-order valence-corrected chi connectivity index (χ1v) is 7.54. The quantitative estimate of drug-likeness (QED) is 0.625. The maximum atomic E-state index is 5.83. The van der Waals surface area contributed by atoms with Crippen molar-refractivity contribution >= 4 is 11.3 Å². The van der Waals surface area contributed by atoms with Gasteiger partial charge < -0.3 is 9.47 Å². The van der Waals surface area contributed by atoms with Gasteiger partial charge >= 0.3 is 0 Å². The van der Waals surface area contributed by atoms with Crippen LogP contribution in [-0.2, 0) is 4.74 Å². The minimum Gasteiger partial charge on any atom is -0.465 e. The van der Waals surface area contributed by atoms with Gasteiger partial charge in [-0.05, 0) is 11.6 Å². The van der Waals surface area contributed by atoms with Gasteiger partial charge in [0.2, 0.25) is 0 Å². The van der Waals surface area contributed by atoms with Crippen molar-refractivity contribution in [1.29, 1.82) is 0 Å². The first kappa shape index (κ1) is 13.9. The SMILES string of the molecule is COCOc1c(-c2ccccc2)csc1-c1[c]cccc1. The third-order valence-corrected chi connectivity index (χ3v) is 4.10. The molecule has 0 N–H and O–H groups in total. The molecule has 0 bridgehead atoms. The van der Waals surface area contributed by atoms with Crippen LogP contribution in [0.25, 0.3) is 21.6 Å². The van der Waals surface area contributed by atoms with E-state index in [1.165, 1.54) is 0 Å². The fourth-order valence-electron chi connectivity index (χ4n) is 2.15. The average molecular weight is 295 g/mol. The Hall–Kier alpha value is -2.10. The van der Waals surface area contributed by atoms with Gasteiger partial charge in [-0.15, -0.1) is 11.3 Å². The van der Waals surface area contributed by atoms with Crippen LogP contribution in [0.5, 0.6) is 5.75 Å². The predicted molar refractivity (Wildman–Crippen MR) is 86.5 cm³/mol. The Morgan fingerprint density at radius 1 is 1.05 bits per heavy atom. The zero-order chi connectivity index (χ0) is 14.5. The van der Waals surface area contributed by atoms with Crippen molar-refractivity contribution in [3.8, 4) is 27.3 Å². The Labute approximate surface area is 128 Å².